The topological polar surface area (TPSA) is 92.8 Å². The third-order valence-corrected chi connectivity index (χ3v) is 6.22. The molecule has 168 valence electrons. The van der Waals surface area contributed by atoms with Gasteiger partial charge in [-0.05, 0) is 35.8 Å². The van der Waals surface area contributed by atoms with Gasteiger partial charge in [0, 0.05) is 5.69 Å². The number of likely N-dealkylation sites (tertiary alicyclic amines) is 1. The van der Waals surface area contributed by atoms with Crippen molar-refractivity contribution in [3.8, 4) is 0 Å². The summed E-state index contributed by atoms with van der Waals surface area (Å²) >= 11 is 0. The Morgan fingerprint density at radius 3 is 2.00 bits per heavy atom. The van der Waals surface area contributed by atoms with E-state index >= 15 is 0 Å². The molecule has 1 aromatic rings. The predicted octanol–water partition coefficient (Wildman–Crippen LogP) is 3.59. The molecular weight excluding hydrogens is 396 g/mol. The van der Waals surface area contributed by atoms with Crippen LogP contribution in [0, 0.1) is 11.8 Å². The molecule has 3 amide bonds. The number of hydrogen-bond donors (Lipinski definition) is 1. The Hall–Kier alpha value is -2.70. The lowest BCUT2D eigenvalue weighted by Crippen LogP contribution is -2.37. The van der Waals surface area contributed by atoms with Crippen LogP contribution in [-0.2, 0) is 23.9 Å². The van der Waals surface area contributed by atoms with E-state index in [1.807, 2.05) is 18.2 Å². The normalized spacial score (nSPS) is 20.9. The number of carbonyl (C=O) groups excluding carboxylic acids is 4. The number of nitrogens with zero attached hydrogens (tertiary/aromatic N) is 1. The van der Waals surface area contributed by atoms with Crippen molar-refractivity contribution < 1.29 is 23.9 Å². The molecule has 3 rings (SSSR count). The highest BCUT2D eigenvalue weighted by atomic mass is 16.5. The summed E-state index contributed by atoms with van der Waals surface area (Å²) in [7, 11) is 0. The molecule has 1 heterocycles. The Kier molecular flexibility index (Phi) is 7.13. The molecule has 2 fully saturated rings. The molecule has 0 spiro atoms. The summed E-state index contributed by atoms with van der Waals surface area (Å²) in [5, 5.41) is 2.89. The van der Waals surface area contributed by atoms with Gasteiger partial charge in [-0.15, -0.1) is 0 Å². The Morgan fingerprint density at radius 2 is 1.52 bits per heavy atom. The lowest BCUT2D eigenvalue weighted by molar-refractivity contribution is -0.154. The average Bonchev–Trinajstić information content (AvgIpc) is 2.97. The van der Waals surface area contributed by atoms with Gasteiger partial charge < -0.3 is 10.1 Å². The second-order valence-electron chi connectivity index (χ2n) is 9.09. The van der Waals surface area contributed by atoms with E-state index in [2.05, 4.69) is 33.0 Å². The first-order chi connectivity index (χ1) is 14.7. The van der Waals surface area contributed by atoms with Gasteiger partial charge in [-0.3, -0.25) is 24.1 Å². The lowest BCUT2D eigenvalue weighted by Gasteiger charge is -2.20. The number of carbonyl (C=O) groups is 4. The van der Waals surface area contributed by atoms with Crippen LogP contribution < -0.4 is 5.32 Å². The quantitative estimate of drug-likeness (QED) is 0.529. The summed E-state index contributed by atoms with van der Waals surface area (Å²) in [6, 6.07) is 5.92. The van der Waals surface area contributed by atoms with Gasteiger partial charge in [-0.25, -0.2) is 0 Å². The zero-order chi connectivity index (χ0) is 22.7. The van der Waals surface area contributed by atoms with Gasteiger partial charge in [0.1, 0.15) is 6.54 Å². The van der Waals surface area contributed by atoms with Gasteiger partial charge in [0.15, 0.2) is 6.61 Å². The van der Waals surface area contributed by atoms with Crippen molar-refractivity contribution in [3.05, 3.63) is 29.3 Å². The van der Waals surface area contributed by atoms with Crippen LogP contribution >= 0.6 is 0 Å². The number of nitrogens with one attached hydrogen (secondary N) is 1. The van der Waals surface area contributed by atoms with Gasteiger partial charge in [0.25, 0.3) is 5.91 Å². The monoisotopic (exact) mass is 428 g/mol. The van der Waals surface area contributed by atoms with Gasteiger partial charge in [0.2, 0.25) is 11.8 Å². The van der Waals surface area contributed by atoms with Crippen LogP contribution in [0.4, 0.5) is 5.69 Å². The van der Waals surface area contributed by atoms with E-state index < -0.39 is 25.0 Å². The average molecular weight is 429 g/mol. The van der Waals surface area contributed by atoms with Crippen LogP contribution in [0.3, 0.4) is 0 Å². The zero-order valence-corrected chi connectivity index (χ0v) is 18.8. The van der Waals surface area contributed by atoms with Crippen LogP contribution in [0.5, 0.6) is 0 Å². The van der Waals surface area contributed by atoms with E-state index in [0.29, 0.717) is 12.8 Å². The fourth-order valence-electron chi connectivity index (χ4n) is 4.58. The minimum atomic E-state index is -0.753. The third kappa shape index (κ3) is 4.97. The first-order valence-corrected chi connectivity index (χ1v) is 11.1. The first-order valence-electron chi connectivity index (χ1n) is 11.1. The molecule has 0 radical (unpaired) electrons. The maximum atomic E-state index is 12.5. The molecule has 0 unspecified atom stereocenters. The van der Waals surface area contributed by atoms with E-state index in [1.165, 1.54) is 0 Å². The summed E-state index contributed by atoms with van der Waals surface area (Å²) in [6.45, 7) is 7.31. The number of anilines is 1. The maximum Gasteiger partial charge on any atom is 0.326 e. The zero-order valence-electron chi connectivity index (χ0n) is 18.8. The first kappa shape index (κ1) is 23.0. The second kappa shape index (κ2) is 9.62. The van der Waals surface area contributed by atoms with Gasteiger partial charge in [-0.1, -0.05) is 58.7 Å². The summed E-state index contributed by atoms with van der Waals surface area (Å²) < 4.78 is 5.09. The van der Waals surface area contributed by atoms with Crippen LogP contribution in [-0.4, -0.2) is 41.7 Å². The highest BCUT2D eigenvalue weighted by Gasteiger charge is 2.48. The van der Waals surface area contributed by atoms with Crippen molar-refractivity contribution in [3.63, 3.8) is 0 Å². The largest absolute Gasteiger partial charge is 0.454 e. The molecule has 7 nitrogen and oxygen atoms in total. The van der Waals surface area contributed by atoms with Gasteiger partial charge in [0.05, 0.1) is 11.8 Å². The minimum absolute atomic E-state index is 0.215. The number of fused-ring (bicyclic) bond motifs is 1. The Labute approximate surface area is 183 Å². The third-order valence-electron chi connectivity index (χ3n) is 6.22. The molecule has 7 heteroatoms. The van der Waals surface area contributed by atoms with Crippen molar-refractivity contribution in [1.29, 1.82) is 0 Å². The molecular formula is C24H32N2O5. The van der Waals surface area contributed by atoms with Crippen LogP contribution in [0.25, 0.3) is 0 Å². The minimum Gasteiger partial charge on any atom is -0.454 e. The Morgan fingerprint density at radius 1 is 1.00 bits per heavy atom. The smallest absolute Gasteiger partial charge is 0.326 e. The molecule has 31 heavy (non-hydrogen) atoms. The fraction of sp³-hybridized carbons (Fsp3) is 0.583. The molecule has 2 aliphatic rings. The van der Waals surface area contributed by atoms with Crippen molar-refractivity contribution in [2.45, 2.75) is 65.2 Å². The molecule has 1 aliphatic carbocycles. The number of para-hydroxylation sites is 1. The highest BCUT2D eigenvalue weighted by Crippen LogP contribution is 2.38. The van der Waals surface area contributed by atoms with Crippen LogP contribution in [0.1, 0.15) is 76.3 Å². The molecule has 1 saturated carbocycles. The van der Waals surface area contributed by atoms with Crippen molar-refractivity contribution in [2.75, 3.05) is 18.5 Å². The van der Waals surface area contributed by atoms with E-state index in [1.54, 1.807) is 0 Å². The highest BCUT2D eigenvalue weighted by molar-refractivity contribution is 6.07. The molecule has 1 N–H and O–H groups in total. The van der Waals surface area contributed by atoms with Crippen LogP contribution in [0.15, 0.2) is 18.2 Å². The molecule has 1 aliphatic heterocycles. The summed E-state index contributed by atoms with van der Waals surface area (Å²) in [6.07, 6.45) is 3.23. The Balaban J connectivity index is 1.59. The van der Waals surface area contributed by atoms with Crippen molar-refractivity contribution in [2.24, 2.45) is 11.8 Å². The summed E-state index contributed by atoms with van der Waals surface area (Å²) in [4.78, 5) is 50.7. The van der Waals surface area contributed by atoms with Crippen molar-refractivity contribution >= 4 is 29.4 Å². The van der Waals surface area contributed by atoms with Crippen LogP contribution in [0.2, 0.25) is 0 Å². The van der Waals surface area contributed by atoms with Crippen molar-refractivity contribution in [1.82, 2.24) is 4.90 Å². The summed E-state index contributed by atoms with van der Waals surface area (Å²) in [5.41, 5.74) is 2.78. The van der Waals surface area contributed by atoms with Gasteiger partial charge >= 0.3 is 5.97 Å². The molecule has 1 saturated heterocycles. The lowest BCUT2D eigenvalue weighted by atomic mass is 9.81. The number of ether oxygens (including phenoxy) is 1. The Bertz CT molecular complexity index is 826. The van der Waals surface area contributed by atoms with E-state index in [4.69, 9.17) is 4.74 Å². The van der Waals surface area contributed by atoms with E-state index in [0.717, 1.165) is 34.6 Å². The number of rotatable bonds is 7. The predicted molar refractivity (Wildman–Crippen MR) is 116 cm³/mol. The second-order valence-corrected chi connectivity index (χ2v) is 9.09. The summed E-state index contributed by atoms with van der Waals surface area (Å²) in [5.74, 6) is -1.96. The maximum absolute atomic E-state index is 12.5. The SMILES string of the molecule is CC(C)c1cccc(C(C)C)c1NC(=O)COC(=O)CN1C(=O)[C@H]2CCCC[C@@H]2C1=O. The number of amides is 3. The fourth-order valence-corrected chi connectivity index (χ4v) is 4.58. The van der Waals surface area contributed by atoms with E-state index in [9.17, 15) is 19.2 Å². The molecule has 2 atom stereocenters. The molecule has 1 aromatic carbocycles. The van der Waals surface area contributed by atoms with Gasteiger partial charge in [-0.2, -0.15) is 0 Å². The number of hydrogen-bond acceptors (Lipinski definition) is 5. The number of imide groups is 1. The molecule has 0 aromatic heterocycles. The van der Waals surface area contributed by atoms with E-state index in [-0.39, 0.29) is 35.5 Å². The molecule has 0 bridgehead atoms. The number of esters is 1. The standard InChI is InChI=1S/C24H32N2O5/c1-14(2)16-10-7-11-17(15(3)4)22(16)25-20(27)13-31-21(28)12-26-23(29)18-8-5-6-9-19(18)24(26)30/h7,10-11,14-15,18-19H,5-6,8-9,12-13H2,1-4H3,(H,25,27)/t18-,19-/m0/s1. The number of benzene rings is 1.